The highest BCUT2D eigenvalue weighted by atomic mass is 32.1. The van der Waals surface area contributed by atoms with E-state index in [1.165, 1.54) is 16.1 Å². The Balaban J connectivity index is 1.76. The largest absolute Gasteiger partial charge is 0.480 e. The second-order valence-corrected chi connectivity index (χ2v) is 8.21. The predicted octanol–water partition coefficient (Wildman–Crippen LogP) is -1.24. The number of aromatic nitrogens is 2. The highest BCUT2D eigenvalue weighted by molar-refractivity contribution is 7.80. The van der Waals surface area contributed by atoms with Gasteiger partial charge in [-0.3, -0.25) is 14.4 Å². The monoisotopic (exact) mass is 452 g/mol. The molecule has 0 spiro atoms. The molecule has 0 bridgehead atoms. The first-order valence-corrected chi connectivity index (χ1v) is 10.9. The molecule has 31 heavy (non-hydrogen) atoms. The molecule has 2 saturated heterocycles. The van der Waals surface area contributed by atoms with Crippen LogP contribution < -0.4 is 11.1 Å². The minimum atomic E-state index is -1.06. The lowest BCUT2D eigenvalue weighted by atomic mass is 10.1. The van der Waals surface area contributed by atoms with Gasteiger partial charge in [0, 0.05) is 37.2 Å². The zero-order valence-electron chi connectivity index (χ0n) is 17.1. The van der Waals surface area contributed by atoms with E-state index in [1.54, 1.807) is 6.20 Å². The van der Waals surface area contributed by atoms with Crippen LogP contribution in [0.25, 0.3) is 0 Å². The average molecular weight is 453 g/mol. The van der Waals surface area contributed by atoms with Crippen molar-refractivity contribution >= 4 is 36.3 Å². The van der Waals surface area contributed by atoms with E-state index in [9.17, 15) is 24.3 Å². The zero-order valence-corrected chi connectivity index (χ0v) is 18.0. The van der Waals surface area contributed by atoms with Crippen LogP contribution in [0.1, 0.15) is 31.4 Å². The lowest BCUT2D eigenvalue weighted by molar-refractivity contribution is -0.149. The van der Waals surface area contributed by atoms with Gasteiger partial charge in [0.25, 0.3) is 0 Å². The zero-order chi connectivity index (χ0) is 22.5. The number of hydrogen-bond acceptors (Lipinski definition) is 7. The van der Waals surface area contributed by atoms with Gasteiger partial charge in [-0.1, -0.05) is 0 Å². The molecule has 2 aliphatic heterocycles. The standard InChI is InChI=1S/C19H28N6O5S/c20-12(9-31)17(27)24-5-1-3-14(24)16(26)23-13(7-11-8-21-10-22-11)18(28)25-6-2-4-15(25)19(29)30/h8,10,12-15,31H,1-7,9,20H2,(H,21,22)(H,23,26)(H,29,30). The molecule has 12 heteroatoms. The van der Waals surface area contributed by atoms with Crippen molar-refractivity contribution in [2.45, 2.75) is 56.3 Å². The first-order chi connectivity index (χ1) is 14.8. The second-order valence-electron chi connectivity index (χ2n) is 7.85. The van der Waals surface area contributed by atoms with Crippen molar-refractivity contribution < 1.29 is 24.3 Å². The normalized spacial score (nSPS) is 22.9. The van der Waals surface area contributed by atoms with E-state index in [4.69, 9.17) is 5.73 Å². The van der Waals surface area contributed by atoms with Crippen LogP contribution in [0.5, 0.6) is 0 Å². The molecule has 3 amide bonds. The number of thiol groups is 1. The molecule has 4 unspecified atom stereocenters. The summed E-state index contributed by atoms with van der Waals surface area (Å²) in [6, 6.07) is -3.43. The third kappa shape index (κ3) is 5.18. The third-order valence-corrected chi connectivity index (χ3v) is 6.16. The number of nitrogens with two attached hydrogens (primary N) is 1. The van der Waals surface area contributed by atoms with Crippen LogP contribution in [-0.2, 0) is 25.6 Å². The Kier molecular flexibility index (Phi) is 7.55. The van der Waals surface area contributed by atoms with E-state index in [-0.39, 0.29) is 18.1 Å². The summed E-state index contributed by atoms with van der Waals surface area (Å²) in [5.41, 5.74) is 6.42. The van der Waals surface area contributed by atoms with Crippen molar-refractivity contribution in [1.82, 2.24) is 25.1 Å². The minimum Gasteiger partial charge on any atom is -0.480 e. The van der Waals surface area contributed by atoms with Gasteiger partial charge in [-0.2, -0.15) is 12.6 Å². The maximum absolute atomic E-state index is 13.2. The van der Waals surface area contributed by atoms with Crippen LogP contribution in [0, 0.1) is 0 Å². The summed E-state index contributed by atoms with van der Waals surface area (Å²) in [6.07, 6.45) is 5.20. The van der Waals surface area contributed by atoms with Gasteiger partial charge in [-0.25, -0.2) is 9.78 Å². The quantitative estimate of drug-likeness (QED) is 0.308. The number of aliphatic carboxylic acids is 1. The fourth-order valence-corrected chi connectivity index (χ4v) is 4.32. The molecule has 0 saturated carbocycles. The number of carbonyl (C=O) groups is 4. The van der Waals surface area contributed by atoms with Crippen molar-refractivity contribution in [2.75, 3.05) is 18.8 Å². The average Bonchev–Trinajstić information content (AvgIpc) is 3.52. The number of imidazole rings is 1. The van der Waals surface area contributed by atoms with Gasteiger partial charge in [-0.05, 0) is 25.7 Å². The summed E-state index contributed by atoms with van der Waals surface area (Å²) in [5, 5.41) is 12.2. The van der Waals surface area contributed by atoms with E-state index >= 15 is 0 Å². The number of hydrogen-bond donors (Lipinski definition) is 5. The van der Waals surface area contributed by atoms with E-state index in [2.05, 4.69) is 27.9 Å². The van der Waals surface area contributed by atoms with Crippen molar-refractivity contribution in [1.29, 1.82) is 0 Å². The van der Waals surface area contributed by atoms with E-state index in [0.29, 0.717) is 44.5 Å². The summed E-state index contributed by atoms with van der Waals surface area (Å²) >= 11 is 4.05. The second kappa shape index (κ2) is 10.1. The number of aromatic amines is 1. The van der Waals surface area contributed by atoms with E-state index in [1.807, 2.05) is 0 Å². The molecular weight excluding hydrogens is 424 g/mol. The van der Waals surface area contributed by atoms with Crippen LogP contribution in [0.3, 0.4) is 0 Å². The molecule has 2 aliphatic rings. The van der Waals surface area contributed by atoms with Crippen molar-refractivity contribution in [3.63, 3.8) is 0 Å². The van der Waals surface area contributed by atoms with Gasteiger partial charge in [0.05, 0.1) is 12.4 Å². The minimum absolute atomic E-state index is 0.129. The van der Waals surface area contributed by atoms with Crippen molar-refractivity contribution in [3.05, 3.63) is 18.2 Å². The number of H-pyrrole nitrogens is 1. The fraction of sp³-hybridized carbons (Fsp3) is 0.632. The molecule has 1 aromatic rings. The summed E-state index contributed by atoms with van der Waals surface area (Å²) < 4.78 is 0. The number of amides is 3. The van der Waals surface area contributed by atoms with Crippen LogP contribution in [-0.4, -0.2) is 91.6 Å². The molecule has 1 aromatic heterocycles. The van der Waals surface area contributed by atoms with Gasteiger partial charge >= 0.3 is 5.97 Å². The third-order valence-electron chi connectivity index (χ3n) is 5.77. The molecule has 5 N–H and O–H groups in total. The van der Waals surface area contributed by atoms with Crippen molar-refractivity contribution in [3.8, 4) is 0 Å². The number of carboxylic acid groups (broad SMARTS) is 1. The maximum Gasteiger partial charge on any atom is 0.326 e. The topological polar surface area (TPSA) is 162 Å². The van der Waals surface area contributed by atoms with Crippen molar-refractivity contribution in [2.24, 2.45) is 5.73 Å². The predicted molar refractivity (Wildman–Crippen MR) is 113 cm³/mol. The Morgan fingerprint density at radius 2 is 1.84 bits per heavy atom. The molecule has 170 valence electrons. The van der Waals surface area contributed by atoms with Gasteiger partial charge in [-0.15, -0.1) is 0 Å². The summed E-state index contributed by atoms with van der Waals surface area (Å²) in [4.78, 5) is 59.9. The molecule has 2 fully saturated rings. The van der Waals surface area contributed by atoms with Gasteiger partial charge in [0.1, 0.15) is 18.1 Å². The molecule has 3 heterocycles. The molecule has 11 nitrogen and oxygen atoms in total. The number of rotatable bonds is 8. The van der Waals surface area contributed by atoms with Gasteiger partial charge in [0.2, 0.25) is 17.7 Å². The SMILES string of the molecule is NC(CS)C(=O)N1CCCC1C(=O)NC(Cc1cnc[nH]1)C(=O)N1CCCC1C(=O)O. The first kappa shape index (κ1) is 23.1. The van der Waals surface area contributed by atoms with Gasteiger partial charge < -0.3 is 30.9 Å². The van der Waals surface area contributed by atoms with Crippen LogP contribution in [0.2, 0.25) is 0 Å². The number of nitrogens with one attached hydrogen (secondary N) is 2. The molecule has 0 aliphatic carbocycles. The number of carboxylic acids is 1. The number of carbonyl (C=O) groups excluding carboxylic acids is 3. The molecule has 3 rings (SSSR count). The summed E-state index contributed by atoms with van der Waals surface area (Å²) in [5.74, 6) is -2.17. The lowest BCUT2D eigenvalue weighted by Gasteiger charge is -2.30. The number of nitrogens with zero attached hydrogens (tertiary/aromatic N) is 3. The van der Waals surface area contributed by atoms with Crippen LogP contribution in [0.15, 0.2) is 12.5 Å². The first-order valence-electron chi connectivity index (χ1n) is 10.3. The molecular formula is C19H28N6O5S. The molecule has 0 aromatic carbocycles. The Labute approximate surface area is 185 Å². The summed E-state index contributed by atoms with van der Waals surface area (Å²) in [7, 11) is 0. The Morgan fingerprint density at radius 1 is 1.19 bits per heavy atom. The maximum atomic E-state index is 13.2. The summed E-state index contributed by atoms with van der Waals surface area (Å²) in [6.45, 7) is 0.723. The Bertz CT molecular complexity index is 819. The molecule has 4 atom stereocenters. The van der Waals surface area contributed by atoms with E-state index < -0.39 is 42.0 Å². The number of likely N-dealkylation sites (tertiary alicyclic amines) is 2. The Morgan fingerprint density at radius 3 is 2.42 bits per heavy atom. The molecule has 0 radical (unpaired) electrons. The highest BCUT2D eigenvalue weighted by Gasteiger charge is 2.40. The fourth-order valence-electron chi connectivity index (χ4n) is 4.17. The van der Waals surface area contributed by atoms with Crippen LogP contribution in [0.4, 0.5) is 0 Å². The lowest BCUT2D eigenvalue weighted by Crippen LogP contribution is -2.57. The van der Waals surface area contributed by atoms with Crippen LogP contribution >= 0.6 is 12.6 Å². The Hall–Kier alpha value is -2.60. The van der Waals surface area contributed by atoms with E-state index in [0.717, 1.165) is 0 Å². The highest BCUT2D eigenvalue weighted by Crippen LogP contribution is 2.21. The smallest absolute Gasteiger partial charge is 0.326 e. The van der Waals surface area contributed by atoms with Gasteiger partial charge in [0.15, 0.2) is 0 Å².